The van der Waals surface area contributed by atoms with E-state index >= 15 is 0 Å². The maximum atomic E-state index is 12.0. The van der Waals surface area contributed by atoms with Gasteiger partial charge in [-0.25, -0.2) is 0 Å². The van der Waals surface area contributed by atoms with E-state index in [0.29, 0.717) is 24.9 Å². The minimum atomic E-state index is -0.945. The number of anilines is 1. The summed E-state index contributed by atoms with van der Waals surface area (Å²) in [6.07, 6.45) is 1.79. The van der Waals surface area contributed by atoms with E-state index in [1.165, 1.54) is 0 Å². The van der Waals surface area contributed by atoms with E-state index in [9.17, 15) is 9.59 Å². The maximum absolute atomic E-state index is 12.0. The number of nitrogens with two attached hydrogens (primary N) is 2. The third-order valence-corrected chi connectivity index (χ3v) is 3.73. The van der Waals surface area contributed by atoms with Crippen molar-refractivity contribution in [1.82, 2.24) is 5.32 Å². The van der Waals surface area contributed by atoms with Crippen LogP contribution in [0.5, 0.6) is 0 Å². The summed E-state index contributed by atoms with van der Waals surface area (Å²) in [5.41, 5.74) is 11.9. The van der Waals surface area contributed by atoms with Crippen molar-refractivity contribution in [2.24, 2.45) is 5.73 Å². The Bertz CT molecular complexity index is 488. The van der Waals surface area contributed by atoms with Gasteiger partial charge < -0.3 is 16.8 Å². The first-order valence-corrected chi connectivity index (χ1v) is 6.89. The fourth-order valence-electron chi connectivity index (χ4n) is 2.18. The highest BCUT2D eigenvalue weighted by Crippen LogP contribution is 2.16. The summed E-state index contributed by atoms with van der Waals surface area (Å²) in [7, 11) is 0. The zero-order valence-corrected chi connectivity index (χ0v) is 13.3. The molecule has 0 atom stereocenters. The van der Waals surface area contributed by atoms with Crippen LogP contribution < -0.4 is 16.8 Å². The van der Waals surface area contributed by atoms with Crippen molar-refractivity contribution >= 4 is 29.9 Å². The Hall–Kier alpha value is -1.75. The van der Waals surface area contributed by atoms with Gasteiger partial charge in [-0.1, -0.05) is 32.0 Å². The highest BCUT2D eigenvalue weighted by atomic mass is 35.5. The molecule has 118 valence electrons. The summed E-state index contributed by atoms with van der Waals surface area (Å²) in [5.74, 6) is -0.675. The molecule has 0 spiro atoms. The topological polar surface area (TPSA) is 98.2 Å². The molecule has 5 N–H and O–H groups in total. The van der Waals surface area contributed by atoms with E-state index in [4.69, 9.17) is 11.5 Å². The van der Waals surface area contributed by atoms with Crippen LogP contribution in [0.15, 0.2) is 24.3 Å². The van der Waals surface area contributed by atoms with Crippen LogP contribution in [0.1, 0.15) is 38.7 Å². The van der Waals surface area contributed by atoms with E-state index < -0.39 is 11.4 Å². The fourth-order valence-corrected chi connectivity index (χ4v) is 2.18. The molecule has 6 heteroatoms. The van der Waals surface area contributed by atoms with Crippen molar-refractivity contribution in [3.05, 3.63) is 29.8 Å². The van der Waals surface area contributed by atoms with Crippen LogP contribution in [0.4, 0.5) is 5.69 Å². The maximum Gasteiger partial charge on any atom is 0.243 e. The second-order valence-electron chi connectivity index (χ2n) is 4.90. The molecular weight excluding hydrogens is 290 g/mol. The Balaban J connectivity index is 0.00000400. The summed E-state index contributed by atoms with van der Waals surface area (Å²) < 4.78 is 0. The van der Waals surface area contributed by atoms with Gasteiger partial charge in [0.25, 0.3) is 0 Å². The van der Waals surface area contributed by atoms with Gasteiger partial charge in [0.15, 0.2) is 0 Å². The molecule has 0 fully saturated rings. The molecule has 0 saturated heterocycles. The molecule has 1 aromatic carbocycles. The van der Waals surface area contributed by atoms with Gasteiger partial charge in [-0.15, -0.1) is 12.4 Å². The van der Waals surface area contributed by atoms with Crippen LogP contribution >= 0.6 is 12.4 Å². The largest absolute Gasteiger partial charge is 0.399 e. The number of nitrogen functional groups attached to an aromatic ring is 1. The van der Waals surface area contributed by atoms with Gasteiger partial charge in [0.1, 0.15) is 5.54 Å². The normalized spacial score (nSPS) is 10.6. The number of aryl methyl sites for hydroxylation is 1. The number of hydrogen-bond acceptors (Lipinski definition) is 3. The quantitative estimate of drug-likeness (QED) is 0.669. The molecule has 0 aliphatic heterocycles. The van der Waals surface area contributed by atoms with Crippen LogP contribution in [-0.4, -0.2) is 17.4 Å². The number of hydrogen-bond donors (Lipinski definition) is 3. The smallest absolute Gasteiger partial charge is 0.243 e. The van der Waals surface area contributed by atoms with Gasteiger partial charge in [0, 0.05) is 12.1 Å². The molecular formula is C15H24ClN3O2. The van der Waals surface area contributed by atoms with Crippen LogP contribution in [0.2, 0.25) is 0 Å². The van der Waals surface area contributed by atoms with E-state index in [1.54, 1.807) is 6.07 Å². The van der Waals surface area contributed by atoms with Crippen molar-refractivity contribution in [2.45, 2.75) is 45.1 Å². The molecule has 1 rings (SSSR count). The first-order valence-electron chi connectivity index (χ1n) is 6.89. The minimum Gasteiger partial charge on any atom is -0.399 e. The molecule has 2 amide bonds. The number of benzene rings is 1. The lowest BCUT2D eigenvalue weighted by atomic mass is 9.91. The summed E-state index contributed by atoms with van der Waals surface area (Å²) in [4.78, 5) is 23.5. The average molecular weight is 314 g/mol. The van der Waals surface area contributed by atoms with Gasteiger partial charge in [0.05, 0.1) is 0 Å². The van der Waals surface area contributed by atoms with Crippen LogP contribution in [0.25, 0.3) is 0 Å². The molecule has 0 aromatic heterocycles. The molecule has 1 aromatic rings. The lowest BCUT2D eigenvalue weighted by Gasteiger charge is -2.29. The molecule has 0 saturated carbocycles. The van der Waals surface area contributed by atoms with E-state index in [1.807, 2.05) is 32.0 Å². The first kappa shape index (κ1) is 19.2. The van der Waals surface area contributed by atoms with Gasteiger partial charge in [0.2, 0.25) is 11.8 Å². The van der Waals surface area contributed by atoms with E-state index in [0.717, 1.165) is 5.56 Å². The Morgan fingerprint density at radius 3 is 2.24 bits per heavy atom. The predicted molar refractivity (Wildman–Crippen MR) is 87.1 cm³/mol. The van der Waals surface area contributed by atoms with E-state index in [2.05, 4.69) is 5.32 Å². The zero-order valence-electron chi connectivity index (χ0n) is 12.5. The first-order chi connectivity index (χ1) is 9.45. The molecule has 21 heavy (non-hydrogen) atoms. The number of amides is 2. The SMILES string of the molecule is CCC(CC)(NC(=O)CCc1ccccc1N)C(N)=O.Cl. The Labute approximate surface area is 131 Å². The van der Waals surface area contributed by atoms with Gasteiger partial charge in [-0.05, 0) is 30.9 Å². The van der Waals surface area contributed by atoms with Gasteiger partial charge in [-0.2, -0.15) is 0 Å². The zero-order chi connectivity index (χ0) is 15.2. The van der Waals surface area contributed by atoms with Crippen LogP contribution in [-0.2, 0) is 16.0 Å². The molecule has 0 bridgehead atoms. The summed E-state index contributed by atoms with van der Waals surface area (Å²) in [5, 5.41) is 2.76. The lowest BCUT2D eigenvalue weighted by molar-refractivity contribution is -0.132. The average Bonchev–Trinajstić information content (AvgIpc) is 2.43. The number of halogens is 1. The molecule has 0 heterocycles. The number of nitrogens with one attached hydrogen (secondary N) is 1. The van der Waals surface area contributed by atoms with Crippen molar-refractivity contribution in [3.63, 3.8) is 0 Å². The van der Waals surface area contributed by atoms with Gasteiger partial charge >= 0.3 is 0 Å². The monoisotopic (exact) mass is 313 g/mol. The number of carbonyl (C=O) groups excluding carboxylic acids is 2. The second kappa shape index (κ2) is 8.52. The van der Waals surface area contributed by atoms with Crippen molar-refractivity contribution < 1.29 is 9.59 Å². The number of rotatable bonds is 7. The van der Waals surface area contributed by atoms with Gasteiger partial charge in [-0.3, -0.25) is 9.59 Å². The lowest BCUT2D eigenvalue weighted by Crippen LogP contribution is -2.56. The highest BCUT2D eigenvalue weighted by Gasteiger charge is 2.34. The Morgan fingerprint density at radius 2 is 1.76 bits per heavy atom. The van der Waals surface area contributed by atoms with Crippen molar-refractivity contribution in [3.8, 4) is 0 Å². The summed E-state index contributed by atoms with van der Waals surface area (Å²) >= 11 is 0. The molecule has 0 radical (unpaired) electrons. The van der Waals surface area contributed by atoms with Crippen molar-refractivity contribution in [2.75, 3.05) is 5.73 Å². The van der Waals surface area contributed by atoms with E-state index in [-0.39, 0.29) is 24.7 Å². The number of primary amides is 1. The number of carbonyl (C=O) groups is 2. The molecule has 5 nitrogen and oxygen atoms in total. The number of para-hydroxylation sites is 1. The second-order valence-corrected chi connectivity index (χ2v) is 4.90. The fraction of sp³-hybridized carbons (Fsp3) is 0.467. The third-order valence-electron chi connectivity index (χ3n) is 3.73. The Kier molecular flexibility index (Phi) is 7.81. The Morgan fingerprint density at radius 1 is 1.19 bits per heavy atom. The summed E-state index contributed by atoms with van der Waals surface area (Å²) in [6, 6.07) is 7.43. The van der Waals surface area contributed by atoms with Crippen molar-refractivity contribution in [1.29, 1.82) is 0 Å². The minimum absolute atomic E-state index is 0. The van der Waals surface area contributed by atoms with Crippen LogP contribution in [0.3, 0.4) is 0 Å². The molecule has 0 unspecified atom stereocenters. The summed E-state index contributed by atoms with van der Waals surface area (Å²) in [6.45, 7) is 3.67. The molecule has 0 aliphatic carbocycles. The van der Waals surface area contributed by atoms with Crippen LogP contribution in [0, 0.1) is 0 Å². The standard InChI is InChI=1S/C15H23N3O2.ClH/c1-3-15(4-2,14(17)20)18-13(19)10-9-11-7-5-6-8-12(11)16;/h5-8H,3-4,9-10,16H2,1-2H3,(H2,17,20)(H,18,19);1H. The third kappa shape index (κ3) is 4.93. The highest BCUT2D eigenvalue weighted by molar-refractivity contribution is 5.90. The molecule has 0 aliphatic rings. The predicted octanol–water partition coefficient (Wildman–Crippen LogP) is 1.78.